The maximum Gasteiger partial charge on any atom is 0.319 e. The number of aromatic nitrogens is 3. The number of aromatic amines is 1. The molecule has 0 saturated carbocycles. The zero-order valence-electron chi connectivity index (χ0n) is 15.0. The highest BCUT2D eigenvalue weighted by Gasteiger charge is 2.12. The molecule has 0 aliphatic carbocycles. The van der Waals surface area contributed by atoms with Crippen LogP contribution in [0.5, 0.6) is 6.01 Å². The third kappa shape index (κ3) is 4.09. The van der Waals surface area contributed by atoms with Crippen LogP contribution < -0.4 is 10.5 Å². The van der Waals surface area contributed by atoms with Crippen molar-refractivity contribution in [3.8, 4) is 6.01 Å². The van der Waals surface area contributed by atoms with E-state index in [1.165, 1.54) is 11.1 Å². The van der Waals surface area contributed by atoms with E-state index < -0.39 is 0 Å². The Hall–Kier alpha value is -2.60. The molecule has 0 saturated heterocycles. The first-order valence-corrected chi connectivity index (χ1v) is 8.55. The Bertz CT molecular complexity index is 839. The molecular weight excluding hydrogens is 314 g/mol. The molecule has 0 unspecified atom stereocenters. The number of hydrogen-bond acceptors (Lipinski definition) is 5. The fraction of sp³-hybridized carbons (Fsp3) is 0.368. The van der Waals surface area contributed by atoms with Crippen LogP contribution in [0, 0.1) is 0 Å². The standard InChI is InChI=1S/C19H25N5O/c1-4-9-25-19-22-16-15(11-21-17(16)18(20)23-19)10-13-5-7-14(8-6-13)12-24(2)3/h5-8,11,21H,4,9-10,12H2,1-3H3,(H2,20,22,23). The van der Waals surface area contributed by atoms with Crippen molar-refractivity contribution in [1.82, 2.24) is 19.9 Å². The third-order valence-corrected chi connectivity index (χ3v) is 3.96. The van der Waals surface area contributed by atoms with Crippen LogP contribution in [0.2, 0.25) is 0 Å². The molecule has 3 rings (SSSR count). The minimum absolute atomic E-state index is 0.342. The van der Waals surface area contributed by atoms with Gasteiger partial charge in [0.1, 0.15) is 11.0 Å². The molecule has 6 heteroatoms. The summed E-state index contributed by atoms with van der Waals surface area (Å²) in [5, 5.41) is 0. The summed E-state index contributed by atoms with van der Waals surface area (Å²) in [6.45, 7) is 3.57. The summed E-state index contributed by atoms with van der Waals surface area (Å²) in [5.41, 5.74) is 11.3. The lowest BCUT2D eigenvalue weighted by Crippen LogP contribution is -2.10. The summed E-state index contributed by atoms with van der Waals surface area (Å²) in [6.07, 6.45) is 3.64. The Morgan fingerprint density at radius 3 is 2.52 bits per heavy atom. The minimum Gasteiger partial charge on any atom is -0.463 e. The topological polar surface area (TPSA) is 80.1 Å². The van der Waals surface area contributed by atoms with Gasteiger partial charge >= 0.3 is 6.01 Å². The van der Waals surface area contributed by atoms with Crippen molar-refractivity contribution in [2.45, 2.75) is 26.3 Å². The second kappa shape index (κ2) is 7.53. The van der Waals surface area contributed by atoms with E-state index in [1.54, 1.807) is 0 Å². The lowest BCUT2D eigenvalue weighted by molar-refractivity contribution is 0.294. The maximum absolute atomic E-state index is 6.03. The van der Waals surface area contributed by atoms with E-state index in [1.807, 2.05) is 13.1 Å². The van der Waals surface area contributed by atoms with Crippen molar-refractivity contribution in [2.75, 3.05) is 26.4 Å². The predicted octanol–water partition coefficient (Wildman–Crippen LogP) is 2.98. The van der Waals surface area contributed by atoms with Crippen LogP contribution in [0.15, 0.2) is 30.5 Å². The zero-order valence-corrected chi connectivity index (χ0v) is 15.0. The van der Waals surface area contributed by atoms with Crippen LogP contribution in [-0.2, 0) is 13.0 Å². The average Bonchev–Trinajstić information content (AvgIpc) is 2.98. The Morgan fingerprint density at radius 1 is 1.12 bits per heavy atom. The molecule has 0 fully saturated rings. The molecule has 1 aromatic carbocycles. The fourth-order valence-corrected chi connectivity index (χ4v) is 2.80. The van der Waals surface area contributed by atoms with Crippen LogP contribution >= 0.6 is 0 Å². The van der Waals surface area contributed by atoms with E-state index >= 15 is 0 Å². The van der Waals surface area contributed by atoms with Gasteiger partial charge in [0.15, 0.2) is 5.82 Å². The number of hydrogen-bond donors (Lipinski definition) is 2. The van der Waals surface area contributed by atoms with Crippen LogP contribution in [0.1, 0.15) is 30.0 Å². The van der Waals surface area contributed by atoms with Gasteiger partial charge in [-0.05, 0) is 31.6 Å². The van der Waals surface area contributed by atoms with Gasteiger partial charge in [0.2, 0.25) is 0 Å². The van der Waals surface area contributed by atoms with E-state index in [9.17, 15) is 0 Å². The molecule has 0 aliphatic heterocycles. The van der Waals surface area contributed by atoms with E-state index in [0.29, 0.717) is 18.4 Å². The quantitative estimate of drug-likeness (QED) is 0.692. The molecule has 0 atom stereocenters. The first kappa shape index (κ1) is 17.2. The van der Waals surface area contributed by atoms with Crippen molar-refractivity contribution in [3.63, 3.8) is 0 Å². The molecule has 2 aromatic heterocycles. The van der Waals surface area contributed by atoms with E-state index in [4.69, 9.17) is 10.5 Å². The number of nitrogens with one attached hydrogen (secondary N) is 1. The highest BCUT2D eigenvalue weighted by molar-refractivity contribution is 5.87. The number of ether oxygens (including phenoxy) is 1. The summed E-state index contributed by atoms with van der Waals surface area (Å²) in [6, 6.07) is 9.01. The number of anilines is 1. The Balaban J connectivity index is 1.84. The van der Waals surface area contributed by atoms with Crippen LogP contribution in [0.3, 0.4) is 0 Å². The average molecular weight is 339 g/mol. The van der Waals surface area contributed by atoms with E-state index in [2.05, 4.69) is 58.2 Å². The van der Waals surface area contributed by atoms with Crippen molar-refractivity contribution in [2.24, 2.45) is 0 Å². The lowest BCUT2D eigenvalue weighted by atomic mass is 10.0. The van der Waals surface area contributed by atoms with Crippen molar-refractivity contribution < 1.29 is 4.74 Å². The maximum atomic E-state index is 6.03. The number of nitrogens with two attached hydrogens (primary N) is 1. The normalized spacial score (nSPS) is 11.4. The largest absolute Gasteiger partial charge is 0.463 e. The van der Waals surface area contributed by atoms with Gasteiger partial charge in [-0.15, -0.1) is 0 Å². The molecule has 2 heterocycles. The highest BCUT2D eigenvalue weighted by Crippen LogP contribution is 2.25. The van der Waals surface area contributed by atoms with E-state index in [0.717, 1.165) is 36.0 Å². The van der Waals surface area contributed by atoms with Gasteiger partial charge in [0, 0.05) is 24.7 Å². The first-order valence-electron chi connectivity index (χ1n) is 8.55. The van der Waals surface area contributed by atoms with Gasteiger partial charge in [-0.3, -0.25) is 0 Å². The van der Waals surface area contributed by atoms with Gasteiger partial charge < -0.3 is 20.4 Å². The number of fused-ring (bicyclic) bond motifs is 1. The molecule has 0 bridgehead atoms. The molecule has 132 valence electrons. The molecule has 0 amide bonds. The highest BCUT2D eigenvalue weighted by atomic mass is 16.5. The number of rotatable bonds is 7. The van der Waals surface area contributed by atoms with Gasteiger partial charge in [-0.1, -0.05) is 31.2 Å². The fourth-order valence-electron chi connectivity index (χ4n) is 2.80. The SMILES string of the molecule is CCCOc1nc(N)c2[nH]cc(Cc3ccc(CN(C)C)cc3)c2n1. The summed E-state index contributed by atoms with van der Waals surface area (Å²) >= 11 is 0. The monoisotopic (exact) mass is 339 g/mol. The Morgan fingerprint density at radius 2 is 1.84 bits per heavy atom. The second-order valence-electron chi connectivity index (χ2n) is 6.51. The van der Waals surface area contributed by atoms with Gasteiger partial charge in [-0.2, -0.15) is 9.97 Å². The van der Waals surface area contributed by atoms with Gasteiger partial charge in [-0.25, -0.2) is 0 Å². The zero-order chi connectivity index (χ0) is 17.8. The third-order valence-electron chi connectivity index (χ3n) is 3.96. The number of H-pyrrole nitrogens is 1. The molecule has 0 spiro atoms. The summed E-state index contributed by atoms with van der Waals surface area (Å²) < 4.78 is 5.55. The smallest absolute Gasteiger partial charge is 0.319 e. The predicted molar refractivity (Wildman–Crippen MR) is 101 cm³/mol. The first-order chi connectivity index (χ1) is 12.1. The second-order valence-corrected chi connectivity index (χ2v) is 6.51. The molecule has 0 radical (unpaired) electrons. The van der Waals surface area contributed by atoms with E-state index in [-0.39, 0.29) is 0 Å². The van der Waals surface area contributed by atoms with Crippen LogP contribution in [0.4, 0.5) is 5.82 Å². The Labute approximate surface area is 148 Å². The van der Waals surface area contributed by atoms with Crippen molar-refractivity contribution in [3.05, 3.63) is 47.2 Å². The van der Waals surface area contributed by atoms with Crippen LogP contribution in [0.25, 0.3) is 11.0 Å². The summed E-state index contributed by atoms with van der Waals surface area (Å²) in [5.74, 6) is 0.420. The van der Waals surface area contributed by atoms with Gasteiger partial charge in [0.05, 0.1) is 6.61 Å². The molecular formula is C19H25N5O. The molecule has 25 heavy (non-hydrogen) atoms. The van der Waals surface area contributed by atoms with Gasteiger partial charge in [0.25, 0.3) is 0 Å². The number of nitrogen functional groups attached to an aromatic ring is 1. The van der Waals surface area contributed by atoms with Crippen molar-refractivity contribution in [1.29, 1.82) is 0 Å². The summed E-state index contributed by atoms with van der Waals surface area (Å²) in [4.78, 5) is 14.1. The molecule has 3 aromatic rings. The Kier molecular flexibility index (Phi) is 5.19. The number of benzene rings is 1. The van der Waals surface area contributed by atoms with Crippen molar-refractivity contribution >= 4 is 16.9 Å². The number of nitrogens with zero attached hydrogens (tertiary/aromatic N) is 3. The molecule has 3 N–H and O–H groups in total. The minimum atomic E-state index is 0.342. The molecule has 0 aliphatic rings. The lowest BCUT2D eigenvalue weighted by Gasteiger charge is -2.10. The summed E-state index contributed by atoms with van der Waals surface area (Å²) in [7, 11) is 4.14. The molecule has 6 nitrogen and oxygen atoms in total. The van der Waals surface area contributed by atoms with Crippen LogP contribution in [-0.4, -0.2) is 40.6 Å².